The Balaban J connectivity index is 1.83. The smallest absolute Gasteiger partial charge is 0.0551 e. The summed E-state index contributed by atoms with van der Waals surface area (Å²) in [4.78, 5) is 2.53. The Bertz CT molecular complexity index is 394. The molecule has 0 radical (unpaired) electrons. The number of hydrazine groups is 1. The van der Waals surface area contributed by atoms with Crippen molar-refractivity contribution < 1.29 is 0 Å². The number of hydrogen-bond donors (Lipinski definition) is 1. The van der Waals surface area contributed by atoms with Crippen LogP contribution in [0.15, 0.2) is 18.2 Å². The highest BCUT2D eigenvalue weighted by atomic mass is 15.4. The molecule has 0 unspecified atom stereocenters. The summed E-state index contributed by atoms with van der Waals surface area (Å²) in [5.74, 6) is 5.92. The predicted octanol–water partition coefficient (Wildman–Crippen LogP) is 2.30. The van der Waals surface area contributed by atoms with Gasteiger partial charge in [0.25, 0.3) is 0 Å². The number of nitrogens with two attached hydrogens (primary N) is 1. The SMILES string of the molecule is NN1CCc2cc(N3CCCCCC3)ccc21. The van der Waals surface area contributed by atoms with Gasteiger partial charge in [-0.1, -0.05) is 12.8 Å². The average Bonchev–Trinajstić information content (AvgIpc) is 2.58. The van der Waals surface area contributed by atoms with Crippen molar-refractivity contribution in [3.63, 3.8) is 0 Å². The lowest BCUT2D eigenvalue weighted by molar-refractivity contribution is 0.726. The Morgan fingerprint density at radius 3 is 2.47 bits per heavy atom. The first kappa shape index (κ1) is 10.9. The molecule has 0 amide bonds. The van der Waals surface area contributed by atoms with E-state index in [1.54, 1.807) is 0 Å². The molecule has 3 rings (SSSR count). The molecule has 2 aliphatic heterocycles. The number of nitrogens with zero attached hydrogens (tertiary/aromatic N) is 2. The van der Waals surface area contributed by atoms with Crippen molar-refractivity contribution >= 4 is 11.4 Å². The zero-order valence-corrected chi connectivity index (χ0v) is 10.4. The van der Waals surface area contributed by atoms with Crippen LogP contribution in [0.25, 0.3) is 0 Å². The normalized spacial score (nSPS) is 20.3. The summed E-state index contributed by atoms with van der Waals surface area (Å²) in [5.41, 5.74) is 4.01. The Kier molecular flexibility index (Phi) is 2.93. The van der Waals surface area contributed by atoms with Crippen LogP contribution in [0, 0.1) is 0 Å². The number of benzene rings is 1. The minimum absolute atomic E-state index is 0.957. The third kappa shape index (κ3) is 2.12. The maximum atomic E-state index is 5.92. The lowest BCUT2D eigenvalue weighted by Gasteiger charge is -2.23. The van der Waals surface area contributed by atoms with Gasteiger partial charge in [0.2, 0.25) is 0 Å². The molecule has 1 saturated heterocycles. The van der Waals surface area contributed by atoms with Gasteiger partial charge in [-0.05, 0) is 43.0 Å². The Morgan fingerprint density at radius 1 is 0.941 bits per heavy atom. The van der Waals surface area contributed by atoms with Crippen molar-refractivity contribution in [2.45, 2.75) is 32.1 Å². The van der Waals surface area contributed by atoms with E-state index in [0.717, 1.165) is 13.0 Å². The van der Waals surface area contributed by atoms with Crippen molar-refractivity contribution in [3.8, 4) is 0 Å². The maximum absolute atomic E-state index is 5.92. The molecule has 0 atom stereocenters. The third-order valence-electron chi connectivity index (χ3n) is 3.97. The van der Waals surface area contributed by atoms with Crippen molar-refractivity contribution in [3.05, 3.63) is 23.8 Å². The molecule has 0 aliphatic carbocycles. The monoisotopic (exact) mass is 231 g/mol. The van der Waals surface area contributed by atoms with Crippen molar-refractivity contribution in [2.24, 2.45) is 5.84 Å². The summed E-state index contributed by atoms with van der Waals surface area (Å²) in [5, 5.41) is 1.86. The fourth-order valence-electron chi connectivity index (χ4n) is 2.94. The summed E-state index contributed by atoms with van der Waals surface area (Å²) in [6.07, 6.45) is 6.53. The number of rotatable bonds is 1. The van der Waals surface area contributed by atoms with Gasteiger partial charge in [-0.3, -0.25) is 0 Å². The van der Waals surface area contributed by atoms with E-state index in [9.17, 15) is 0 Å². The molecule has 3 nitrogen and oxygen atoms in total. The van der Waals surface area contributed by atoms with Crippen LogP contribution >= 0.6 is 0 Å². The van der Waals surface area contributed by atoms with E-state index >= 15 is 0 Å². The van der Waals surface area contributed by atoms with E-state index in [-0.39, 0.29) is 0 Å². The van der Waals surface area contributed by atoms with Gasteiger partial charge in [0.15, 0.2) is 0 Å². The maximum Gasteiger partial charge on any atom is 0.0551 e. The molecule has 2 heterocycles. The lowest BCUT2D eigenvalue weighted by Crippen LogP contribution is -2.28. The molecule has 3 heteroatoms. The molecule has 92 valence electrons. The third-order valence-corrected chi connectivity index (χ3v) is 3.97. The average molecular weight is 231 g/mol. The molecule has 2 N–H and O–H groups in total. The fraction of sp³-hybridized carbons (Fsp3) is 0.571. The van der Waals surface area contributed by atoms with Crippen LogP contribution in [0.3, 0.4) is 0 Å². The molecule has 2 aliphatic rings. The first-order chi connectivity index (χ1) is 8.34. The Labute approximate surface area is 103 Å². The van der Waals surface area contributed by atoms with E-state index < -0.39 is 0 Å². The standard InChI is InChI=1S/C14H21N3/c15-17-10-7-12-11-13(5-6-14(12)17)16-8-3-1-2-4-9-16/h5-6,11H,1-4,7-10,15H2. The van der Waals surface area contributed by atoms with Gasteiger partial charge < -0.3 is 9.91 Å². The number of fused-ring (bicyclic) bond motifs is 1. The summed E-state index contributed by atoms with van der Waals surface area (Å²) in [6.45, 7) is 3.38. The highest BCUT2D eigenvalue weighted by Gasteiger charge is 2.18. The van der Waals surface area contributed by atoms with Crippen LogP contribution in [0.2, 0.25) is 0 Å². The van der Waals surface area contributed by atoms with Gasteiger partial charge in [-0.15, -0.1) is 0 Å². The second kappa shape index (κ2) is 4.57. The van der Waals surface area contributed by atoms with Crippen molar-refractivity contribution in [1.82, 2.24) is 0 Å². The molecule has 0 bridgehead atoms. The van der Waals surface area contributed by atoms with Crippen LogP contribution in [-0.4, -0.2) is 19.6 Å². The Hall–Kier alpha value is -1.22. The van der Waals surface area contributed by atoms with E-state index in [1.165, 1.54) is 55.7 Å². The van der Waals surface area contributed by atoms with Gasteiger partial charge in [0.1, 0.15) is 0 Å². The van der Waals surface area contributed by atoms with Crippen LogP contribution < -0.4 is 15.8 Å². The minimum Gasteiger partial charge on any atom is -0.372 e. The fourth-order valence-corrected chi connectivity index (χ4v) is 2.94. The topological polar surface area (TPSA) is 32.5 Å². The summed E-state index contributed by atoms with van der Waals surface area (Å²) < 4.78 is 0. The molecule has 0 spiro atoms. The first-order valence-corrected chi connectivity index (χ1v) is 6.75. The molecular weight excluding hydrogens is 210 g/mol. The van der Waals surface area contributed by atoms with Gasteiger partial charge >= 0.3 is 0 Å². The van der Waals surface area contributed by atoms with E-state index in [4.69, 9.17) is 5.84 Å². The predicted molar refractivity (Wildman–Crippen MR) is 72.4 cm³/mol. The van der Waals surface area contributed by atoms with Crippen LogP contribution in [0.4, 0.5) is 11.4 Å². The van der Waals surface area contributed by atoms with Gasteiger partial charge in [-0.25, -0.2) is 5.84 Å². The largest absolute Gasteiger partial charge is 0.372 e. The van der Waals surface area contributed by atoms with Gasteiger partial charge in [0, 0.05) is 25.3 Å². The lowest BCUT2D eigenvalue weighted by atomic mass is 10.1. The zero-order chi connectivity index (χ0) is 11.7. The number of hydrogen-bond acceptors (Lipinski definition) is 3. The summed E-state index contributed by atoms with van der Waals surface area (Å²) in [7, 11) is 0. The minimum atomic E-state index is 0.957. The highest BCUT2D eigenvalue weighted by Crippen LogP contribution is 2.30. The van der Waals surface area contributed by atoms with Crippen LogP contribution in [0.1, 0.15) is 31.2 Å². The molecule has 0 saturated carbocycles. The van der Waals surface area contributed by atoms with E-state index in [2.05, 4.69) is 23.1 Å². The quantitative estimate of drug-likeness (QED) is 0.753. The molecular formula is C14H21N3. The van der Waals surface area contributed by atoms with E-state index in [0.29, 0.717) is 0 Å². The molecule has 1 aromatic carbocycles. The van der Waals surface area contributed by atoms with Crippen molar-refractivity contribution in [2.75, 3.05) is 29.5 Å². The molecule has 17 heavy (non-hydrogen) atoms. The van der Waals surface area contributed by atoms with Crippen LogP contribution in [0.5, 0.6) is 0 Å². The van der Waals surface area contributed by atoms with Gasteiger partial charge in [0.05, 0.1) is 5.69 Å². The summed E-state index contributed by atoms with van der Waals surface area (Å²) in [6, 6.07) is 6.76. The zero-order valence-electron chi connectivity index (χ0n) is 10.4. The molecule has 1 aromatic rings. The first-order valence-electron chi connectivity index (χ1n) is 6.75. The second-order valence-corrected chi connectivity index (χ2v) is 5.16. The Morgan fingerprint density at radius 2 is 1.71 bits per heavy atom. The second-order valence-electron chi connectivity index (χ2n) is 5.16. The summed E-state index contributed by atoms with van der Waals surface area (Å²) >= 11 is 0. The molecule has 1 fully saturated rings. The highest BCUT2D eigenvalue weighted by molar-refractivity contribution is 5.64. The number of anilines is 2. The van der Waals surface area contributed by atoms with Crippen LogP contribution in [-0.2, 0) is 6.42 Å². The van der Waals surface area contributed by atoms with Crippen molar-refractivity contribution in [1.29, 1.82) is 0 Å². The van der Waals surface area contributed by atoms with E-state index in [1.807, 2.05) is 5.01 Å². The van der Waals surface area contributed by atoms with Gasteiger partial charge in [-0.2, -0.15) is 0 Å². The molecule has 0 aromatic heterocycles.